The molecule has 0 saturated carbocycles. The highest BCUT2D eigenvalue weighted by Crippen LogP contribution is 2.20. The van der Waals surface area contributed by atoms with Crippen LogP contribution in [0.3, 0.4) is 0 Å². The summed E-state index contributed by atoms with van der Waals surface area (Å²) in [5, 5.41) is 3.29. The largest absolute Gasteiger partial charge is 0.379 e. The summed E-state index contributed by atoms with van der Waals surface area (Å²) in [6.07, 6.45) is 1.80. The fraction of sp³-hybridized carbons (Fsp3) is 0.176. The van der Waals surface area contributed by atoms with Crippen LogP contribution in [0, 0.1) is 13.8 Å². The number of nitrogens with one attached hydrogen (secondary N) is 1. The van der Waals surface area contributed by atoms with Crippen LogP contribution in [-0.4, -0.2) is 9.38 Å². The third-order valence-electron chi connectivity index (χ3n) is 3.51. The molecular weight excluding hydrogens is 342 g/mol. The predicted molar refractivity (Wildman–Crippen MR) is 92.4 cm³/mol. The summed E-state index contributed by atoms with van der Waals surface area (Å²) >= 11 is 3.51. The first kappa shape index (κ1) is 14.8. The van der Waals surface area contributed by atoms with Crippen LogP contribution in [0.1, 0.15) is 16.8 Å². The Bertz CT molecular complexity index is 902. The van der Waals surface area contributed by atoms with Crippen molar-refractivity contribution in [3.05, 3.63) is 74.2 Å². The van der Waals surface area contributed by atoms with Crippen LogP contribution >= 0.6 is 15.9 Å². The monoisotopic (exact) mass is 357 g/mol. The Labute approximate surface area is 137 Å². The van der Waals surface area contributed by atoms with E-state index in [9.17, 15) is 4.79 Å². The first-order chi connectivity index (χ1) is 10.5. The zero-order valence-electron chi connectivity index (χ0n) is 12.4. The number of anilines is 1. The Balaban J connectivity index is 1.86. The van der Waals surface area contributed by atoms with Gasteiger partial charge in [0.1, 0.15) is 5.65 Å². The minimum Gasteiger partial charge on any atom is -0.379 e. The van der Waals surface area contributed by atoms with Gasteiger partial charge in [0.2, 0.25) is 0 Å². The van der Waals surface area contributed by atoms with Crippen molar-refractivity contribution in [2.75, 3.05) is 5.32 Å². The highest BCUT2D eigenvalue weighted by Gasteiger charge is 2.03. The maximum Gasteiger partial charge on any atom is 0.258 e. The average Bonchev–Trinajstić information content (AvgIpc) is 2.49. The Hall–Kier alpha value is -2.14. The molecule has 0 fully saturated rings. The van der Waals surface area contributed by atoms with E-state index in [1.54, 1.807) is 16.7 Å². The van der Waals surface area contributed by atoms with Gasteiger partial charge in [-0.3, -0.25) is 9.20 Å². The molecule has 0 amide bonds. The third kappa shape index (κ3) is 3.04. The number of benzene rings is 1. The van der Waals surface area contributed by atoms with E-state index in [1.165, 1.54) is 5.56 Å². The second kappa shape index (κ2) is 5.93. The van der Waals surface area contributed by atoms with E-state index in [4.69, 9.17) is 0 Å². The topological polar surface area (TPSA) is 46.4 Å². The molecule has 3 aromatic rings. The van der Waals surface area contributed by atoms with Crippen molar-refractivity contribution >= 4 is 27.3 Å². The second-order valence-electron chi connectivity index (χ2n) is 5.34. The molecule has 0 bridgehead atoms. The molecule has 0 saturated heterocycles. The molecule has 1 aromatic carbocycles. The third-order valence-corrected chi connectivity index (χ3v) is 4.36. The molecular formula is C17H16BrN3O. The number of halogens is 1. The van der Waals surface area contributed by atoms with Gasteiger partial charge in [0.25, 0.3) is 5.56 Å². The maximum atomic E-state index is 12.1. The normalized spacial score (nSPS) is 10.9. The van der Waals surface area contributed by atoms with Gasteiger partial charge < -0.3 is 5.32 Å². The number of aromatic nitrogens is 2. The minimum atomic E-state index is -0.0596. The summed E-state index contributed by atoms with van der Waals surface area (Å²) in [6, 6.07) is 11.5. The Morgan fingerprint density at radius 1 is 1.18 bits per heavy atom. The first-order valence-corrected chi connectivity index (χ1v) is 7.81. The fourth-order valence-electron chi connectivity index (χ4n) is 2.24. The molecule has 0 aliphatic heterocycles. The second-order valence-corrected chi connectivity index (χ2v) is 6.19. The van der Waals surface area contributed by atoms with Crippen LogP contribution in [0.25, 0.3) is 5.65 Å². The molecule has 1 N–H and O–H groups in total. The predicted octanol–water partition coefficient (Wildman–Crippen LogP) is 3.69. The average molecular weight is 358 g/mol. The first-order valence-electron chi connectivity index (χ1n) is 7.02. The molecule has 2 aromatic heterocycles. The van der Waals surface area contributed by atoms with Gasteiger partial charge in [-0.2, -0.15) is 0 Å². The molecule has 3 rings (SSSR count). The molecule has 2 heterocycles. The van der Waals surface area contributed by atoms with Crippen molar-refractivity contribution in [3.63, 3.8) is 0 Å². The van der Waals surface area contributed by atoms with Gasteiger partial charge in [0.15, 0.2) is 0 Å². The van der Waals surface area contributed by atoms with Crippen molar-refractivity contribution in [1.82, 2.24) is 9.38 Å². The lowest BCUT2D eigenvalue weighted by molar-refractivity contribution is 0.965. The minimum absolute atomic E-state index is 0.0596. The lowest BCUT2D eigenvalue weighted by atomic mass is 10.2. The quantitative estimate of drug-likeness (QED) is 0.777. The standard InChI is InChI=1S/C17H16BrN3O/c1-11-3-6-16-20-14(8-17(22)21(16)10-11)9-19-13-5-4-12(2)15(18)7-13/h3-8,10,19H,9H2,1-2H3. The van der Waals surface area contributed by atoms with Crippen LogP contribution < -0.4 is 10.9 Å². The number of nitrogens with zero attached hydrogens (tertiary/aromatic N) is 2. The van der Waals surface area contributed by atoms with Gasteiger partial charge in [0.05, 0.1) is 12.2 Å². The zero-order chi connectivity index (χ0) is 15.7. The van der Waals surface area contributed by atoms with Gasteiger partial charge in [0, 0.05) is 22.4 Å². The van der Waals surface area contributed by atoms with Crippen LogP contribution in [0.5, 0.6) is 0 Å². The van der Waals surface area contributed by atoms with Crippen molar-refractivity contribution in [3.8, 4) is 0 Å². The van der Waals surface area contributed by atoms with E-state index in [1.807, 2.05) is 44.2 Å². The number of pyridine rings is 1. The van der Waals surface area contributed by atoms with E-state index in [0.29, 0.717) is 12.2 Å². The SMILES string of the molecule is Cc1ccc2nc(CNc3ccc(C)c(Br)c3)cc(=O)n2c1. The fourth-order valence-corrected chi connectivity index (χ4v) is 2.62. The van der Waals surface area contributed by atoms with Crippen molar-refractivity contribution in [2.45, 2.75) is 20.4 Å². The number of hydrogen-bond acceptors (Lipinski definition) is 3. The Morgan fingerprint density at radius 2 is 2.00 bits per heavy atom. The molecule has 0 aliphatic carbocycles. The number of hydrogen-bond donors (Lipinski definition) is 1. The zero-order valence-corrected chi connectivity index (χ0v) is 14.0. The van der Waals surface area contributed by atoms with Crippen molar-refractivity contribution < 1.29 is 0 Å². The van der Waals surface area contributed by atoms with Gasteiger partial charge in [-0.25, -0.2) is 4.98 Å². The van der Waals surface area contributed by atoms with Gasteiger partial charge in [-0.15, -0.1) is 0 Å². The molecule has 0 radical (unpaired) electrons. The molecule has 5 heteroatoms. The molecule has 112 valence electrons. The Morgan fingerprint density at radius 3 is 2.77 bits per heavy atom. The highest BCUT2D eigenvalue weighted by atomic mass is 79.9. The van der Waals surface area contributed by atoms with Crippen LogP contribution in [0.4, 0.5) is 5.69 Å². The van der Waals surface area contributed by atoms with Gasteiger partial charge in [-0.05, 0) is 43.2 Å². The Kier molecular flexibility index (Phi) is 3.98. The lowest BCUT2D eigenvalue weighted by Gasteiger charge is -2.09. The number of fused-ring (bicyclic) bond motifs is 1. The summed E-state index contributed by atoms with van der Waals surface area (Å²) in [5.74, 6) is 0. The van der Waals surface area contributed by atoms with Crippen molar-refractivity contribution in [1.29, 1.82) is 0 Å². The lowest BCUT2D eigenvalue weighted by Crippen LogP contribution is -2.17. The highest BCUT2D eigenvalue weighted by molar-refractivity contribution is 9.10. The number of rotatable bonds is 3. The van der Waals surface area contributed by atoms with Gasteiger partial charge >= 0.3 is 0 Å². The summed E-state index contributed by atoms with van der Waals surface area (Å²) in [7, 11) is 0. The molecule has 0 aliphatic rings. The summed E-state index contributed by atoms with van der Waals surface area (Å²) in [6.45, 7) is 4.51. The summed E-state index contributed by atoms with van der Waals surface area (Å²) < 4.78 is 2.63. The van der Waals surface area contributed by atoms with E-state index in [-0.39, 0.29) is 5.56 Å². The molecule has 4 nitrogen and oxygen atoms in total. The van der Waals surface area contributed by atoms with E-state index < -0.39 is 0 Å². The molecule has 0 spiro atoms. The molecule has 0 atom stereocenters. The summed E-state index contributed by atoms with van der Waals surface area (Å²) in [5.41, 5.74) is 4.54. The van der Waals surface area contributed by atoms with Crippen LogP contribution in [-0.2, 0) is 6.54 Å². The van der Waals surface area contributed by atoms with Gasteiger partial charge in [-0.1, -0.05) is 28.1 Å². The van der Waals surface area contributed by atoms with Crippen LogP contribution in [0.15, 0.2) is 51.9 Å². The molecule has 22 heavy (non-hydrogen) atoms. The van der Waals surface area contributed by atoms with Crippen LogP contribution in [0.2, 0.25) is 0 Å². The summed E-state index contributed by atoms with van der Waals surface area (Å²) in [4.78, 5) is 16.7. The van der Waals surface area contributed by atoms with Crippen molar-refractivity contribution in [2.24, 2.45) is 0 Å². The van der Waals surface area contributed by atoms with E-state index in [2.05, 4.69) is 26.2 Å². The maximum absolute atomic E-state index is 12.1. The number of aryl methyl sites for hydroxylation is 2. The smallest absolute Gasteiger partial charge is 0.258 e. The van der Waals surface area contributed by atoms with E-state index >= 15 is 0 Å². The molecule has 0 unspecified atom stereocenters. The van der Waals surface area contributed by atoms with E-state index in [0.717, 1.165) is 21.4 Å².